The van der Waals surface area contributed by atoms with Gasteiger partial charge in [0.1, 0.15) is 0 Å². The summed E-state index contributed by atoms with van der Waals surface area (Å²) in [6.07, 6.45) is 7.20. The van der Waals surface area contributed by atoms with Gasteiger partial charge in [-0.2, -0.15) is 4.98 Å². The lowest BCUT2D eigenvalue weighted by Gasteiger charge is -2.25. The molecule has 2 aromatic heterocycles. The summed E-state index contributed by atoms with van der Waals surface area (Å²) in [5.41, 5.74) is 0.868. The molecule has 2 fully saturated rings. The van der Waals surface area contributed by atoms with E-state index >= 15 is 0 Å². The number of hydrogen-bond acceptors (Lipinski definition) is 7. The van der Waals surface area contributed by atoms with Crippen LogP contribution in [0.3, 0.4) is 0 Å². The summed E-state index contributed by atoms with van der Waals surface area (Å²) < 4.78 is 5.30. The lowest BCUT2D eigenvalue weighted by Crippen LogP contribution is -2.40. The Hall–Kier alpha value is -2.32. The van der Waals surface area contributed by atoms with Crippen LogP contribution in [0.25, 0.3) is 11.4 Å². The van der Waals surface area contributed by atoms with Gasteiger partial charge >= 0.3 is 0 Å². The number of amides is 1. The van der Waals surface area contributed by atoms with Crippen LogP contribution in [0.1, 0.15) is 31.6 Å². The molecule has 2 atom stereocenters. The van der Waals surface area contributed by atoms with Crippen molar-refractivity contribution in [3.8, 4) is 11.4 Å². The van der Waals surface area contributed by atoms with Gasteiger partial charge in [-0.3, -0.25) is 14.7 Å². The Morgan fingerprint density at radius 2 is 2.04 bits per heavy atom. The molecule has 2 aromatic rings. The molecule has 8 heteroatoms. The van der Waals surface area contributed by atoms with Crippen molar-refractivity contribution in [1.29, 1.82) is 0 Å². The molecule has 0 radical (unpaired) electrons. The molecule has 27 heavy (non-hydrogen) atoms. The topological polar surface area (TPSA) is 95.6 Å². The molecule has 0 saturated carbocycles. The molecular formula is C19H25N5O3. The lowest BCUT2D eigenvalue weighted by molar-refractivity contribution is -0.132. The van der Waals surface area contributed by atoms with E-state index in [2.05, 4.69) is 20.0 Å². The third kappa shape index (κ3) is 3.86. The standard InChI is InChI=1S/C19H25N5O3/c25-13-12-23-10-6-16-15(23)7-11-24(16)18(26)3-1-2-17-21-19(22-27-17)14-4-8-20-9-5-14/h4-5,8-9,15-16,25H,1-3,6-7,10-13H2/t15-,16-/m0/s1. The number of likely N-dealkylation sites (tertiary alicyclic amines) is 2. The largest absolute Gasteiger partial charge is 0.395 e. The normalized spacial score (nSPS) is 22.3. The van der Waals surface area contributed by atoms with Crippen molar-refractivity contribution in [3.63, 3.8) is 0 Å². The fraction of sp³-hybridized carbons (Fsp3) is 0.579. The quantitative estimate of drug-likeness (QED) is 0.779. The molecule has 0 bridgehead atoms. The number of fused-ring (bicyclic) bond motifs is 1. The summed E-state index contributed by atoms with van der Waals surface area (Å²) in [5.74, 6) is 1.32. The maximum Gasteiger partial charge on any atom is 0.226 e. The van der Waals surface area contributed by atoms with E-state index in [1.165, 1.54) is 0 Å². The average molecular weight is 371 g/mol. The maximum atomic E-state index is 12.7. The number of rotatable bonds is 7. The zero-order valence-corrected chi connectivity index (χ0v) is 15.3. The molecule has 0 aromatic carbocycles. The fourth-order valence-electron chi connectivity index (χ4n) is 4.30. The molecule has 8 nitrogen and oxygen atoms in total. The van der Waals surface area contributed by atoms with Crippen molar-refractivity contribution in [3.05, 3.63) is 30.4 Å². The predicted molar refractivity (Wildman–Crippen MR) is 97.6 cm³/mol. The Morgan fingerprint density at radius 3 is 2.85 bits per heavy atom. The van der Waals surface area contributed by atoms with Crippen molar-refractivity contribution in [2.45, 2.75) is 44.2 Å². The second kappa shape index (κ2) is 8.14. The molecule has 0 aliphatic carbocycles. The molecular weight excluding hydrogens is 346 g/mol. The second-order valence-electron chi connectivity index (χ2n) is 7.16. The number of aryl methyl sites for hydroxylation is 1. The molecule has 2 aliphatic rings. The zero-order valence-electron chi connectivity index (χ0n) is 15.3. The number of β-amino-alcohol motifs (C(OH)–C–C–N with tert-alkyl or cyclic N) is 1. The van der Waals surface area contributed by atoms with Gasteiger partial charge in [0.05, 0.1) is 6.61 Å². The fourth-order valence-corrected chi connectivity index (χ4v) is 4.30. The van der Waals surface area contributed by atoms with Crippen molar-refractivity contribution in [2.75, 3.05) is 26.2 Å². The molecule has 2 saturated heterocycles. The van der Waals surface area contributed by atoms with Gasteiger partial charge in [-0.25, -0.2) is 0 Å². The van der Waals surface area contributed by atoms with E-state index in [0.717, 1.165) is 31.5 Å². The number of carbonyl (C=O) groups excluding carboxylic acids is 1. The number of hydrogen-bond donors (Lipinski definition) is 1. The number of aliphatic hydroxyl groups excluding tert-OH is 1. The summed E-state index contributed by atoms with van der Waals surface area (Å²) >= 11 is 0. The van der Waals surface area contributed by atoms with Gasteiger partial charge in [0, 0.05) is 62.5 Å². The van der Waals surface area contributed by atoms with E-state index in [1.54, 1.807) is 12.4 Å². The van der Waals surface area contributed by atoms with Crippen LogP contribution >= 0.6 is 0 Å². The van der Waals surface area contributed by atoms with Crippen LogP contribution in [0, 0.1) is 0 Å². The molecule has 4 heterocycles. The Balaban J connectivity index is 1.26. The predicted octanol–water partition coefficient (Wildman–Crippen LogP) is 1.12. The highest BCUT2D eigenvalue weighted by atomic mass is 16.5. The first-order valence-electron chi connectivity index (χ1n) is 9.63. The molecule has 0 spiro atoms. The Kier molecular flexibility index (Phi) is 5.45. The van der Waals surface area contributed by atoms with Crippen LogP contribution < -0.4 is 0 Å². The van der Waals surface area contributed by atoms with Crippen LogP contribution in [0.15, 0.2) is 29.0 Å². The van der Waals surface area contributed by atoms with Gasteiger partial charge in [0.2, 0.25) is 17.6 Å². The van der Waals surface area contributed by atoms with E-state index in [-0.39, 0.29) is 12.5 Å². The molecule has 144 valence electrons. The first-order chi connectivity index (χ1) is 13.3. The smallest absolute Gasteiger partial charge is 0.226 e. The monoisotopic (exact) mass is 371 g/mol. The molecule has 2 aliphatic heterocycles. The van der Waals surface area contributed by atoms with E-state index in [4.69, 9.17) is 4.52 Å². The molecule has 1 N–H and O–H groups in total. The van der Waals surface area contributed by atoms with E-state index in [0.29, 0.717) is 49.6 Å². The minimum absolute atomic E-state index is 0.183. The summed E-state index contributed by atoms with van der Waals surface area (Å²) in [4.78, 5) is 25.4. The third-order valence-corrected chi connectivity index (χ3v) is 5.59. The molecule has 1 amide bonds. The van der Waals surface area contributed by atoms with Gasteiger partial charge in [0.15, 0.2) is 0 Å². The summed E-state index contributed by atoms with van der Waals surface area (Å²) in [5, 5.41) is 13.2. The SMILES string of the molecule is O=C(CCCc1nc(-c2ccncc2)no1)N1CC[C@H]2[C@@H]1CCN2CCO. The highest BCUT2D eigenvalue weighted by molar-refractivity contribution is 5.77. The highest BCUT2D eigenvalue weighted by Crippen LogP contribution is 2.31. The number of pyridine rings is 1. The number of nitrogens with zero attached hydrogens (tertiary/aromatic N) is 5. The third-order valence-electron chi connectivity index (χ3n) is 5.59. The summed E-state index contributed by atoms with van der Waals surface area (Å²) in [7, 11) is 0. The van der Waals surface area contributed by atoms with Crippen LogP contribution in [-0.4, -0.2) is 74.3 Å². The van der Waals surface area contributed by atoms with E-state index < -0.39 is 0 Å². The molecule has 4 rings (SSSR count). The Bertz CT molecular complexity index is 766. The van der Waals surface area contributed by atoms with Crippen LogP contribution in [0.4, 0.5) is 0 Å². The van der Waals surface area contributed by atoms with E-state index in [9.17, 15) is 9.90 Å². The van der Waals surface area contributed by atoms with Crippen LogP contribution in [-0.2, 0) is 11.2 Å². The number of carbonyl (C=O) groups is 1. The highest BCUT2D eigenvalue weighted by Gasteiger charge is 2.43. The maximum absolute atomic E-state index is 12.7. The van der Waals surface area contributed by atoms with Crippen LogP contribution in [0.2, 0.25) is 0 Å². The van der Waals surface area contributed by atoms with Gasteiger partial charge in [-0.1, -0.05) is 5.16 Å². The van der Waals surface area contributed by atoms with Crippen molar-refractivity contribution < 1.29 is 14.4 Å². The van der Waals surface area contributed by atoms with Crippen molar-refractivity contribution >= 4 is 5.91 Å². The molecule has 0 unspecified atom stereocenters. The van der Waals surface area contributed by atoms with Crippen molar-refractivity contribution in [1.82, 2.24) is 24.9 Å². The van der Waals surface area contributed by atoms with Gasteiger partial charge in [-0.05, 0) is 31.4 Å². The zero-order chi connectivity index (χ0) is 18.6. The minimum Gasteiger partial charge on any atom is -0.395 e. The van der Waals surface area contributed by atoms with Gasteiger partial charge < -0.3 is 14.5 Å². The summed E-state index contributed by atoms with van der Waals surface area (Å²) in [6, 6.07) is 4.40. The number of aliphatic hydroxyl groups is 1. The lowest BCUT2D eigenvalue weighted by atomic mass is 10.1. The first kappa shape index (κ1) is 18.1. The average Bonchev–Trinajstić information content (AvgIpc) is 3.40. The Morgan fingerprint density at radius 1 is 1.22 bits per heavy atom. The van der Waals surface area contributed by atoms with Crippen molar-refractivity contribution in [2.24, 2.45) is 0 Å². The van der Waals surface area contributed by atoms with Gasteiger partial charge in [-0.15, -0.1) is 0 Å². The summed E-state index contributed by atoms with van der Waals surface area (Å²) in [6.45, 7) is 2.69. The Labute approximate surface area is 158 Å². The minimum atomic E-state index is 0.183. The van der Waals surface area contributed by atoms with Gasteiger partial charge in [0.25, 0.3) is 0 Å². The number of aromatic nitrogens is 3. The first-order valence-corrected chi connectivity index (χ1v) is 9.63. The second-order valence-corrected chi connectivity index (χ2v) is 7.16. The van der Waals surface area contributed by atoms with Crippen LogP contribution in [0.5, 0.6) is 0 Å². The van der Waals surface area contributed by atoms with E-state index in [1.807, 2.05) is 17.0 Å².